The molecule has 0 aromatic carbocycles. The average Bonchev–Trinajstić information content (AvgIpc) is 2.97. The molecular formula is C9H14N6O. The molecule has 0 aliphatic heterocycles. The third-order valence-corrected chi connectivity index (χ3v) is 2.14. The number of nitrogen functional groups attached to an aromatic ring is 2. The Kier molecular flexibility index (Phi) is 2.76. The number of aromatic nitrogens is 2. The lowest BCUT2D eigenvalue weighted by molar-refractivity contribution is -0.119. The molecule has 0 saturated heterocycles. The highest BCUT2D eigenvalue weighted by molar-refractivity contribution is 5.81. The largest absolute Gasteiger partial charge is 0.383 e. The number of carbonyl (C=O) groups is 1. The van der Waals surface area contributed by atoms with Crippen molar-refractivity contribution in [2.45, 2.75) is 18.9 Å². The molecule has 7 heteroatoms. The van der Waals surface area contributed by atoms with Crippen LogP contribution in [0.15, 0.2) is 6.07 Å². The summed E-state index contributed by atoms with van der Waals surface area (Å²) >= 11 is 0. The van der Waals surface area contributed by atoms with Gasteiger partial charge >= 0.3 is 0 Å². The van der Waals surface area contributed by atoms with Gasteiger partial charge in [-0.1, -0.05) is 0 Å². The van der Waals surface area contributed by atoms with Crippen molar-refractivity contribution < 1.29 is 4.79 Å². The molecule has 6 N–H and O–H groups in total. The lowest BCUT2D eigenvalue weighted by Gasteiger charge is -2.06. The van der Waals surface area contributed by atoms with Crippen LogP contribution in [-0.4, -0.2) is 28.5 Å². The first kappa shape index (κ1) is 10.5. The van der Waals surface area contributed by atoms with E-state index >= 15 is 0 Å². The second-order valence-corrected chi connectivity index (χ2v) is 3.73. The fourth-order valence-electron chi connectivity index (χ4n) is 1.25. The zero-order valence-corrected chi connectivity index (χ0v) is 8.73. The van der Waals surface area contributed by atoms with E-state index in [1.165, 1.54) is 6.07 Å². The monoisotopic (exact) mass is 222 g/mol. The summed E-state index contributed by atoms with van der Waals surface area (Å²) in [7, 11) is 0. The number of nitrogens with zero attached hydrogens (tertiary/aromatic N) is 2. The minimum absolute atomic E-state index is 0.0572. The highest BCUT2D eigenvalue weighted by atomic mass is 16.2. The Balaban J connectivity index is 1.85. The maximum atomic E-state index is 11.4. The molecule has 1 amide bonds. The Morgan fingerprint density at radius 3 is 2.81 bits per heavy atom. The Morgan fingerprint density at radius 1 is 1.44 bits per heavy atom. The van der Waals surface area contributed by atoms with Crippen molar-refractivity contribution >= 4 is 23.5 Å². The van der Waals surface area contributed by atoms with Crippen LogP contribution in [0.2, 0.25) is 0 Å². The first-order valence-corrected chi connectivity index (χ1v) is 5.07. The topological polar surface area (TPSA) is 119 Å². The molecule has 1 aromatic heterocycles. The summed E-state index contributed by atoms with van der Waals surface area (Å²) in [5.74, 6) is 0.761. The van der Waals surface area contributed by atoms with Gasteiger partial charge in [-0.05, 0) is 12.8 Å². The fraction of sp³-hybridized carbons (Fsp3) is 0.444. The molecule has 1 saturated carbocycles. The molecule has 86 valence electrons. The zero-order valence-electron chi connectivity index (χ0n) is 8.73. The van der Waals surface area contributed by atoms with E-state index in [1.54, 1.807) is 0 Å². The molecule has 1 aromatic rings. The van der Waals surface area contributed by atoms with Crippen molar-refractivity contribution in [2.24, 2.45) is 0 Å². The molecular weight excluding hydrogens is 208 g/mol. The standard InChI is InChI=1S/C9H14N6O/c10-6-3-7(15-9(11)14-6)12-4-8(16)13-5-1-2-5/h3,5H,1-2,4H2,(H,13,16)(H5,10,11,12,14,15). The third kappa shape index (κ3) is 2.97. The van der Waals surface area contributed by atoms with Crippen molar-refractivity contribution in [3.63, 3.8) is 0 Å². The first-order valence-electron chi connectivity index (χ1n) is 5.07. The van der Waals surface area contributed by atoms with Crippen LogP contribution in [0, 0.1) is 0 Å². The van der Waals surface area contributed by atoms with Gasteiger partial charge in [0.2, 0.25) is 11.9 Å². The fourth-order valence-corrected chi connectivity index (χ4v) is 1.25. The van der Waals surface area contributed by atoms with E-state index in [9.17, 15) is 4.79 Å². The van der Waals surface area contributed by atoms with Crippen molar-refractivity contribution in [1.29, 1.82) is 0 Å². The molecule has 1 aliphatic carbocycles. The Labute approximate surface area is 92.6 Å². The van der Waals surface area contributed by atoms with Crippen LogP contribution in [-0.2, 0) is 4.79 Å². The van der Waals surface area contributed by atoms with E-state index in [4.69, 9.17) is 11.5 Å². The molecule has 0 radical (unpaired) electrons. The highest BCUT2D eigenvalue weighted by Gasteiger charge is 2.22. The molecule has 0 bridgehead atoms. The Bertz CT molecular complexity index is 383. The summed E-state index contributed by atoms with van der Waals surface area (Å²) in [5.41, 5.74) is 10.9. The smallest absolute Gasteiger partial charge is 0.239 e. The predicted octanol–water partition coefficient (Wildman–Crippen LogP) is -0.669. The summed E-state index contributed by atoms with van der Waals surface area (Å²) in [6.45, 7) is 0.159. The molecule has 0 atom stereocenters. The maximum Gasteiger partial charge on any atom is 0.239 e. The number of nitrogens with one attached hydrogen (secondary N) is 2. The summed E-state index contributed by atoms with van der Waals surface area (Å²) in [6, 6.07) is 1.88. The SMILES string of the molecule is Nc1cc(NCC(=O)NC2CC2)nc(N)n1. The quantitative estimate of drug-likeness (QED) is 0.536. The van der Waals surface area contributed by atoms with Gasteiger partial charge in [0.05, 0.1) is 6.54 Å². The van der Waals surface area contributed by atoms with Crippen LogP contribution < -0.4 is 22.1 Å². The second-order valence-electron chi connectivity index (χ2n) is 3.73. The van der Waals surface area contributed by atoms with Crippen LogP contribution in [0.5, 0.6) is 0 Å². The Morgan fingerprint density at radius 2 is 2.19 bits per heavy atom. The zero-order chi connectivity index (χ0) is 11.5. The summed E-state index contributed by atoms with van der Waals surface area (Å²) in [4.78, 5) is 19.0. The minimum Gasteiger partial charge on any atom is -0.383 e. The Hall–Kier alpha value is -2.05. The number of hydrogen-bond acceptors (Lipinski definition) is 6. The summed E-state index contributed by atoms with van der Waals surface area (Å²) in [5, 5.41) is 5.68. The van der Waals surface area contributed by atoms with Gasteiger partial charge in [0.25, 0.3) is 0 Å². The van der Waals surface area contributed by atoms with Crippen LogP contribution in [0.4, 0.5) is 17.6 Å². The van der Waals surface area contributed by atoms with E-state index in [0.29, 0.717) is 11.9 Å². The molecule has 1 heterocycles. The predicted molar refractivity (Wildman–Crippen MR) is 60.5 cm³/mol. The molecule has 1 fully saturated rings. The van der Waals surface area contributed by atoms with Crippen LogP contribution in [0.1, 0.15) is 12.8 Å². The lowest BCUT2D eigenvalue weighted by atomic mass is 10.5. The van der Waals surface area contributed by atoms with Gasteiger partial charge in [0.15, 0.2) is 0 Å². The van der Waals surface area contributed by atoms with E-state index in [0.717, 1.165) is 12.8 Å². The average molecular weight is 222 g/mol. The molecule has 0 spiro atoms. The number of nitrogens with two attached hydrogens (primary N) is 2. The highest BCUT2D eigenvalue weighted by Crippen LogP contribution is 2.18. The molecule has 1 aliphatic rings. The molecule has 7 nitrogen and oxygen atoms in total. The number of hydrogen-bond donors (Lipinski definition) is 4. The number of carbonyl (C=O) groups excluding carboxylic acids is 1. The van der Waals surface area contributed by atoms with E-state index in [2.05, 4.69) is 20.6 Å². The van der Waals surface area contributed by atoms with Gasteiger partial charge in [-0.25, -0.2) is 0 Å². The van der Waals surface area contributed by atoms with Gasteiger partial charge in [-0.3, -0.25) is 4.79 Å². The van der Waals surface area contributed by atoms with Gasteiger partial charge in [-0.15, -0.1) is 0 Å². The van der Waals surface area contributed by atoms with E-state index < -0.39 is 0 Å². The van der Waals surface area contributed by atoms with E-state index in [1.807, 2.05) is 0 Å². The third-order valence-electron chi connectivity index (χ3n) is 2.14. The number of rotatable bonds is 4. The van der Waals surface area contributed by atoms with Gasteiger partial charge in [0.1, 0.15) is 11.6 Å². The molecule has 2 rings (SSSR count). The second kappa shape index (κ2) is 4.21. The van der Waals surface area contributed by atoms with Crippen LogP contribution >= 0.6 is 0 Å². The molecule has 16 heavy (non-hydrogen) atoms. The van der Waals surface area contributed by atoms with Gasteiger partial charge in [-0.2, -0.15) is 9.97 Å². The van der Waals surface area contributed by atoms with E-state index in [-0.39, 0.29) is 24.2 Å². The number of amides is 1. The van der Waals surface area contributed by atoms with Crippen LogP contribution in [0.25, 0.3) is 0 Å². The lowest BCUT2D eigenvalue weighted by Crippen LogP contribution is -2.31. The maximum absolute atomic E-state index is 11.4. The van der Waals surface area contributed by atoms with Crippen molar-refractivity contribution in [1.82, 2.24) is 15.3 Å². The number of anilines is 3. The van der Waals surface area contributed by atoms with Gasteiger partial charge in [0, 0.05) is 12.1 Å². The minimum atomic E-state index is -0.0572. The van der Waals surface area contributed by atoms with Crippen LogP contribution in [0.3, 0.4) is 0 Å². The summed E-state index contributed by atoms with van der Waals surface area (Å²) in [6.07, 6.45) is 2.14. The van der Waals surface area contributed by atoms with Crippen molar-refractivity contribution in [3.8, 4) is 0 Å². The normalized spacial score (nSPS) is 14.5. The van der Waals surface area contributed by atoms with Crippen molar-refractivity contribution in [3.05, 3.63) is 6.07 Å². The summed E-state index contributed by atoms with van der Waals surface area (Å²) < 4.78 is 0. The van der Waals surface area contributed by atoms with Crippen molar-refractivity contribution in [2.75, 3.05) is 23.3 Å². The first-order chi connectivity index (χ1) is 7.63. The molecule has 0 unspecified atom stereocenters. The van der Waals surface area contributed by atoms with Gasteiger partial charge < -0.3 is 22.1 Å².